The average Bonchev–Trinajstić information content (AvgIpc) is 2.57. The third-order valence-corrected chi connectivity index (χ3v) is 6.22. The van der Waals surface area contributed by atoms with Gasteiger partial charge in [-0.05, 0) is 43.2 Å². The molecule has 134 valence electrons. The second-order valence-corrected chi connectivity index (χ2v) is 7.95. The summed E-state index contributed by atoms with van der Waals surface area (Å²) in [4.78, 5) is 11.9. The van der Waals surface area contributed by atoms with Crippen LogP contribution in [0, 0.1) is 13.8 Å². The molecule has 0 unspecified atom stereocenters. The summed E-state index contributed by atoms with van der Waals surface area (Å²) in [6, 6.07) is 10.3. The summed E-state index contributed by atoms with van der Waals surface area (Å²) in [5.74, 6) is -0.271. The molecule has 25 heavy (non-hydrogen) atoms. The summed E-state index contributed by atoms with van der Waals surface area (Å²) >= 11 is 12.2. The number of hydrogen-bond acceptors (Lipinski definition) is 3. The fourth-order valence-electron chi connectivity index (χ4n) is 2.26. The summed E-state index contributed by atoms with van der Waals surface area (Å²) in [6.07, 6.45) is 0. The van der Waals surface area contributed by atoms with Gasteiger partial charge in [-0.3, -0.25) is 4.79 Å². The lowest BCUT2D eigenvalue weighted by Crippen LogP contribution is -2.35. The zero-order valence-corrected chi connectivity index (χ0v) is 16.1. The van der Waals surface area contributed by atoms with Crippen LogP contribution in [-0.4, -0.2) is 27.4 Å². The van der Waals surface area contributed by atoms with Crippen molar-refractivity contribution < 1.29 is 13.2 Å². The van der Waals surface area contributed by atoms with E-state index in [2.05, 4.69) is 10.0 Å². The van der Waals surface area contributed by atoms with Crippen LogP contribution in [0.1, 0.15) is 21.5 Å². The number of carbonyl (C=O) groups excluding carboxylic acids is 1. The monoisotopic (exact) mass is 400 g/mol. The number of carbonyl (C=O) groups is 1. The smallest absolute Gasteiger partial charge is 0.251 e. The Morgan fingerprint density at radius 2 is 1.72 bits per heavy atom. The predicted molar refractivity (Wildman–Crippen MR) is 99.9 cm³/mol. The predicted octanol–water partition coefficient (Wildman–Crippen LogP) is 3.32. The van der Waals surface area contributed by atoms with Gasteiger partial charge >= 0.3 is 0 Å². The minimum atomic E-state index is -3.85. The van der Waals surface area contributed by atoms with Crippen LogP contribution >= 0.6 is 23.2 Å². The molecule has 0 spiro atoms. The van der Waals surface area contributed by atoms with Gasteiger partial charge in [-0.15, -0.1) is 0 Å². The van der Waals surface area contributed by atoms with E-state index in [4.69, 9.17) is 23.2 Å². The average molecular weight is 401 g/mol. The molecule has 2 aromatic rings. The first-order valence-corrected chi connectivity index (χ1v) is 9.76. The molecule has 0 atom stereocenters. The van der Waals surface area contributed by atoms with Crippen molar-refractivity contribution in [2.24, 2.45) is 0 Å². The van der Waals surface area contributed by atoms with Crippen LogP contribution < -0.4 is 10.0 Å². The first kappa shape index (κ1) is 19.7. The SMILES string of the molecule is Cc1cc(Cl)c(C)c(S(=O)(=O)NCCNC(=O)c2ccccc2)c1Cl. The molecule has 0 saturated carbocycles. The van der Waals surface area contributed by atoms with E-state index in [9.17, 15) is 13.2 Å². The van der Waals surface area contributed by atoms with Gasteiger partial charge in [0.25, 0.3) is 5.91 Å². The van der Waals surface area contributed by atoms with Crippen molar-refractivity contribution >= 4 is 39.1 Å². The largest absolute Gasteiger partial charge is 0.351 e. The topological polar surface area (TPSA) is 75.3 Å². The van der Waals surface area contributed by atoms with Crippen molar-refractivity contribution in [2.75, 3.05) is 13.1 Å². The summed E-state index contributed by atoms with van der Waals surface area (Å²) in [6.45, 7) is 3.46. The highest BCUT2D eigenvalue weighted by atomic mass is 35.5. The van der Waals surface area contributed by atoms with Gasteiger partial charge in [0.05, 0.1) is 5.02 Å². The molecule has 0 radical (unpaired) electrons. The number of benzene rings is 2. The van der Waals surface area contributed by atoms with Crippen LogP contribution in [0.2, 0.25) is 10.0 Å². The van der Waals surface area contributed by atoms with Crippen LogP contribution in [0.3, 0.4) is 0 Å². The fourth-order valence-corrected chi connectivity index (χ4v) is 4.50. The maximum absolute atomic E-state index is 12.5. The standard InChI is InChI=1S/C17H18Cl2N2O3S/c1-11-10-14(18)12(2)16(15(11)19)25(23,24)21-9-8-20-17(22)13-6-4-3-5-7-13/h3-7,10,21H,8-9H2,1-2H3,(H,20,22). The molecule has 0 aromatic heterocycles. The number of aryl methyl sites for hydroxylation is 1. The quantitative estimate of drug-likeness (QED) is 0.730. The maximum Gasteiger partial charge on any atom is 0.251 e. The number of amides is 1. The lowest BCUT2D eigenvalue weighted by Gasteiger charge is -2.14. The molecule has 0 saturated heterocycles. The molecular formula is C17H18Cl2N2O3S. The summed E-state index contributed by atoms with van der Waals surface area (Å²) in [5, 5.41) is 3.12. The number of sulfonamides is 1. The van der Waals surface area contributed by atoms with Crippen molar-refractivity contribution in [1.82, 2.24) is 10.0 Å². The molecule has 2 N–H and O–H groups in total. The Hall–Kier alpha value is -1.60. The Balaban J connectivity index is 2.03. The van der Waals surface area contributed by atoms with E-state index in [-0.39, 0.29) is 28.9 Å². The first-order valence-electron chi connectivity index (χ1n) is 7.52. The Morgan fingerprint density at radius 1 is 1.08 bits per heavy atom. The molecule has 5 nitrogen and oxygen atoms in total. The number of halogens is 2. The third-order valence-electron chi connectivity index (χ3n) is 3.59. The van der Waals surface area contributed by atoms with E-state index in [0.29, 0.717) is 21.7 Å². The van der Waals surface area contributed by atoms with Crippen molar-refractivity contribution in [2.45, 2.75) is 18.7 Å². The number of nitrogens with one attached hydrogen (secondary N) is 2. The number of rotatable bonds is 6. The maximum atomic E-state index is 12.5. The zero-order chi connectivity index (χ0) is 18.6. The minimum Gasteiger partial charge on any atom is -0.351 e. The van der Waals surface area contributed by atoms with Gasteiger partial charge in [0.15, 0.2) is 0 Å². The van der Waals surface area contributed by atoms with E-state index < -0.39 is 10.0 Å². The van der Waals surface area contributed by atoms with Gasteiger partial charge in [-0.1, -0.05) is 41.4 Å². The highest BCUT2D eigenvalue weighted by Gasteiger charge is 2.23. The second-order valence-electron chi connectivity index (χ2n) is 5.46. The van der Waals surface area contributed by atoms with E-state index in [1.54, 1.807) is 44.2 Å². The lowest BCUT2D eigenvalue weighted by molar-refractivity contribution is 0.0954. The summed E-state index contributed by atoms with van der Waals surface area (Å²) < 4.78 is 27.5. The van der Waals surface area contributed by atoms with Crippen LogP contribution in [-0.2, 0) is 10.0 Å². The van der Waals surface area contributed by atoms with E-state index in [0.717, 1.165) is 0 Å². The second kappa shape index (κ2) is 8.19. The molecule has 0 aliphatic heterocycles. The molecular weight excluding hydrogens is 383 g/mol. The molecule has 0 aliphatic carbocycles. The van der Waals surface area contributed by atoms with Gasteiger partial charge < -0.3 is 5.32 Å². The first-order chi connectivity index (χ1) is 11.7. The molecule has 0 aliphatic rings. The molecule has 8 heteroatoms. The van der Waals surface area contributed by atoms with Gasteiger partial charge in [-0.2, -0.15) is 0 Å². The molecule has 2 aromatic carbocycles. The van der Waals surface area contributed by atoms with Gasteiger partial charge in [0.1, 0.15) is 4.90 Å². The van der Waals surface area contributed by atoms with Crippen LogP contribution in [0.4, 0.5) is 0 Å². The highest BCUT2D eigenvalue weighted by Crippen LogP contribution is 2.33. The van der Waals surface area contributed by atoms with Crippen molar-refractivity contribution in [3.8, 4) is 0 Å². The molecule has 0 bridgehead atoms. The fraction of sp³-hybridized carbons (Fsp3) is 0.235. The third kappa shape index (κ3) is 4.73. The highest BCUT2D eigenvalue weighted by molar-refractivity contribution is 7.89. The minimum absolute atomic E-state index is 0.0300. The van der Waals surface area contributed by atoms with Crippen molar-refractivity contribution in [1.29, 1.82) is 0 Å². The van der Waals surface area contributed by atoms with Gasteiger partial charge in [0, 0.05) is 23.7 Å². The molecule has 1 amide bonds. The summed E-state index contributed by atoms with van der Waals surface area (Å²) in [5.41, 5.74) is 1.47. The number of hydrogen-bond donors (Lipinski definition) is 2. The van der Waals surface area contributed by atoms with Crippen LogP contribution in [0.5, 0.6) is 0 Å². The molecule has 2 rings (SSSR count). The van der Waals surface area contributed by atoms with Gasteiger partial charge in [0.2, 0.25) is 10.0 Å². The van der Waals surface area contributed by atoms with Gasteiger partial charge in [-0.25, -0.2) is 13.1 Å². The van der Waals surface area contributed by atoms with Crippen LogP contribution in [0.25, 0.3) is 0 Å². The van der Waals surface area contributed by atoms with Crippen molar-refractivity contribution in [3.05, 3.63) is 63.1 Å². The Bertz CT molecular complexity index is 858. The van der Waals surface area contributed by atoms with E-state index in [1.807, 2.05) is 6.07 Å². The normalized spacial score (nSPS) is 11.4. The van der Waals surface area contributed by atoms with Crippen LogP contribution in [0.15, 0.2) is 41.3 Å². The summed E-state index contributed by atoms with van der Waals surface area (Å²) in [7, 11) is -3.85. The Labute approximate surface area is 157 Å². The molecule has 0 heterocycles. The van der Waals surface area contributed by atoms with E-state index in [1.165, 1.54) is 0 Å². The van der Waals surface area contributed by atoms with E-state index >= 15 is 0 Å². The Kier molecular flexibility index (Phi) is 6.46. The Morgan fingerprint density at radius 3 is 2.36 bits per heavy atom. The zero-order valence-electron chi connectivity index (χ0n) is 13.8. The molecule has 0 fully saturated rings. The lowest BCUT2D eigenvalue weighted by atomic mass is 10.2. The van der Waals surface area contributed by atoms with Crippen molar-refractivity contribution in [3.63, 3.8) is 0 Å².